The molecule has 10 nitrogen and oxygen atoms in total. The van der Waals surface area contributed by atoms with Gasteiger partial charge in [-0.05, 0) is 37.3 Å². The van der Waals surface area contributed by atoms with E-state index in [-0.39, 0.29) is 24.6 Å². The Balaban J connectivity index is 0.000000470. The van der Waals surface area contributed by atoms with Crippen LogP contribution in [0.3, 0.4) is 0 Å². The van der Waals surface area contributed by atoms with Crippen LogP contribution in [0.1, 0.15) is 71.5 Å². The number of carbonyl (C=O) groups is 2. The smallest absolute Gasteiger partial charge is 0.219 e. The SMILES string of the molecule is CC.CC(N)=NC(=N)CCC(N)=O.CNC(=O)CCCCCCc1ncc(-c2ccc3ccncc3c2)[nH]1. The van der Waals surface area contributed by atoms with Gasteiger partial charge in [0.15, 0.2) is 0 Å². The standard InChI is InChI=1S/C20H24N4O.C6H12N4O.C2H6/c1-21-20(25)7-5-3-2-4-6-19-23-14-18(24-19)16-9-8-15-10-11-22-13-17(15)12-16;1-4(7)10-5(8)2-3-6(9)11;1-2/h8-14H,2-7H2,1H3,(H,21,25)(H,23,24);2-3H2,1H3,(H2,9,11)(H3,7,8,10);1-2H3. The lowest BCUT2D eigenvalue weighted by atomic mass is 10.1. The largest absolute Gasteiger partial charge is 0.387 e. The van der Waals surface area contributed by atoms with Crippen molar-refractivity contribution in [1.82, 2.24) is 20.3 Å². The number of aromatic nitrogens is 3. The molecule has 0 atom stereocenters. The quantitative estimate of drug-likeness (QED) is 0.141. The zero-order valence-electron chi connectivity index (χ0n) is 23.0. The summed E-state index contributed by atoms with van der Waals surface area (Å²) in [4.78, 5) is 37.1. The zero-order valence-corrected chi connectivity index (χ0v) is 23.0. The lowest BCUT2D eigenvalue weighted by Gasteiger charge is -2.02. The average Bonchev–Trinajstić information content (AvgIpc) is 3.39. The van der Waals surface area contributed by atoms with Gasteiger partial charge in [0.05, 0.1) is 17.7 Å². The van der Waals surface area contributed by atoms with Crippen molar-refractivity contribution < 1.29 is 9.59 Å². The molecule has 0 aliphatic heterocycles. The Morgan fingerprint density at radius 1 is 1.00 bits per heavy atom. The lowest BCUT2D eigenvalue weighted by Crippen LogP contribution is -2.16. The van der Waals surface area contributed by atoms with Crippen LogP contribution in [0.4, 0.5) is 0 Å². The van der Waals surface area contributed by atoms with E-state index in [1.807, 2.05) is 38.5 Å². The number of hydrogen-bond donors (Lipinski definition) is 5. The summed E-state index contributed by atoms with van der Waals surface area (Å²) in [6, 6.07) is 8.37. The maximum atomic E-state index is 11.2. The van der Waals surface area contributed by atoms with Gasteiger partial charge < -0.3 is 21.8 Å². The van der Waals surface area contributed by atoms with Gasteiger partial charge in [0.2, 0.25) is 11.8 Å². The van der Waals surface area contributed by atoms with E-state index in [0.717, 1.165) is 54.6 Å². The van der Waals surface area contributed by atoms with E-state index < -0.39 is 5.91 Å². The number of nitrogens with two attached hydrogens (primary N) is 2. The molecule has 0 spiro atoms. The van der Waals surface area contributed by atoms with Gasteiger partial charge >= 0.3 is 0 Å². The van der Waals surface area contributed by atoms with Crippen molar-refractivity contribution in [3.63, 3.8) is 0 Å². The number of fused-ring (bicyclic) bond motifs is 1. The molecule has 1 aromatic carbocycles. The van der Waals surface area contributed by atoms with Crippen molar-refractivity contribution in [3.8, 4) is 11.3 Å². The number of benzene rings is 1. The monoisotopic (exact) mass is 522 g/mol. The van der Waals surface area contributed by atoms with Crippen LogP contribution in [-0.2, 0) is 16.0 Å². The van der Waals surface area contributed by atoms with E-state index in [2.05, 4.69) is 43.5 Å². The van der Waals surface area contributed by atoms with E-state index in [9.17, 15) is 9.59 Å². The van der Waals surface area contributed by atoms with Gasteiger partial charge in [0, 0.05) is 56.1 Å². The molecule has 0 fully saturated rings. The molecular weight excluding hydrogens is 480 g/mol. The number of imidazole rings is 1. The fourth-order valence-electron chi connectivity index (χ4n) is 3.46. The van der Waals surface area contributed by atoms with Gasteiger partial charge in [-0.1, -0.05) is 38.8 Å². The molecule has 0 saturated carbocycles. The number of aliphatic imine (C=N–C) groups is 1. The number of nitrogens with one attached hydrogen (secondary N) is 3. The van der Waals surface area contributed by atoms with E-state index in [0.29, 0.717) is 12.3 Å². The summed E-state index contributed by atoms with van der Waals surface area (Å²) >= 11 is 0. The topological polar surface area (TPSA) is 176 Å². The number of rotatable bonds is 11. The van der Waals surface area contributed by atoms with Gasteiger partial charge in [0.1, 0.15) is 11.7 Å². The van der Waals surface area contributed by atoms with Crippen molar-refractivity contribution in [2.24, 2.45) is 16.5 Å². The van der Waals surface area contributed by atoms with Crippen LogP contribution >= 0.6 is 0 Å². The van der Waals surface area contributed by atoms with Gasteiger partial charge in [-0.15, -0.1) is 0 Å². The first-order valence-corrected chi connectivity index (χ1v) is 13.0. The maximum absolute atomic E-state index is 11.2. The summed E-state index contributed by atoms with van der Waals surface area (Å²) in [6.45, 7) is 5.58. The number of pyridine rings is 1. The number of H-pyrrole nitrogens is 1. The van der Waals surface area contributed by atoms with E-state index >= 15 is 0 Å². The number of amidine groups is 2. The Morgan fingerprint density at radius 3 is 2.42 bits per heavy atom. The molecule has 0 unspecified atom stereocenters. The molecular formula is C28H42N8O2. The highest BCUT2D eigenvalue weighted by Gasteiger charge is 2.05. The summed E-state index contributed by atoms with van der Waals surface area (Å²) in [5.74, 6) is 1.12. The third-order valence-corrected chi connectivity index (χ3v) is 5.35. The summed E-state index contributed by atoms with van der Waals surface area (Å²) in [7, 11) is 1.68. The second kappa shape index (κ2) is 18.2. The third kappa shape index (κ3) is 12.8. The van der Waals surface area contributed by atoms with Crippen LogP contribution < -0.4 is 16.8 Å². The minimum Gasteiger partial charge on any atom is -0.387 e. The number of primary amides is 1. The van der Waals surface area contributed by atoms with Crippen LogP contribution in [0.2, 0.25) is 0 Å². The molecule has 2 heterocycles. The molecule has 38 heavy (non-hydrogen) atoms. The fourth-order valence-corrected chi connectivity index (χ4v) is 3.46. The molecule has 0 aliphatic carbocycles. The Morgan fingerprint density at radius 2 is 1.74 bits per heavy atom. The Labute approximate surface area is 225 Å². The van der Waals surface area contributed by atoms with Gasteiger partial charge in [0.25, 0.3) is 0 Å². The predicted molar refractivity (Wildman–Crippen MR) is 155 cm³/mol. The van der Waals surface area contributed by atoms with E-state index in [4.69, 9.17) is 16.9 Å². The number of hydrogen-bond acceptors (Lipinski definition) is 5. The molecule has 0 aliphatic rings. The number of unbranched alkanes of at least 4 members (excludes halogenated alkanes) is 3. The molecule has 10 heteroatoms. The van der Waals surface area contributed by atoms with Gasteiger partial charge in [-0.25, -0.2) is 9.98 Å². The van der Waals surface area contributed by atoms with Crippen LogP contribution in [0.15, 0.2) is 47.8 Å². The van der Waals surface area contributed by atoms with Crippen molar-refractivity contribution in [2.75, 3.05) is 7.05 Å². The molecule has 7 N–H and O–H groups in total. The molecule has 206 valence electrons. The number of nitrogens with zero attached hydrogens (tertiary/aromatic N) is 3. The number of aryl methyl sites for hydroxylation is 1. The summed E-state index contributed by atoms with van der Waals surface area (Å²) in [5.41, 5.74) is 12.2. The van der Waals surface area contributed by atoms with E-state index in [1.54, 1.807) is 14.0 Å². The van der Waals surface area contributed by atoms with Crippen LogP contribution in [-0.4, -0.2) is 45.5 Å². The average molecular weight is 523 g/mol. The predicted octanol–water partition coefficient (Wildman–Crippen LogP) is 4.50. The minimum absolute atomic E-state index is 0.0869. The summed E-state index contributed by atoms with van der Waals surface area (Å²) in [5, 5.41) is 12.1. The Bertz CT molecular complexity index is 1180. The Kier molecular flexibility index (Phi) is 15.3. The van der Waals surface area contributed by atoms with Gasteiger partial charge in [-0.2, -0.15) is 0 Å². The summed E-state index contributed by atoms with van der Waals surface area (Å²) < 4.78 is 0. The summed E-state index contributed by atoms with van der Waals surface area (Å²) in [6.07, 6.45) is 11.8. The number of carbonyl (C=O) groups excluding carboxylic acids is 2. The molecule has 0 bridgehead atoms. The minimum atomic E-state index is -0.431. The Hall–Kier alpha value is -4.08. The molecule has 3 aromatic rings. The first kappa shape index (κ1) is 31.9. The van der Waals surface area contributed by atoms with Crippen LogP contribution in [0.5, 0.6) is 0 Å². The highest BCUT2D eigenvalue weighted by atomic mass is 16.1. The van der Waals surface area contributed by atoms with Crippen molar-refractivity contribution >= 4 is 34.3 Å². The second-order valence-electron chi connectivity index (χ2n) is 8.43. The fraction of sp³-hybridized carbons (Fsp3) is 0.429. The highest BCUT2D eigenvalue weighted by Crippen LogP contribution is 2.23. The first-order valence-electron chi connectivity index (χ1n) is 13.0. The van der Waals surface area contributed by atoms with Crippen LogP contribution in [0.25, 0.3) is 22.0 Å². The molecule has 0 saturated heterocycles. The lowest BCUT2D eigenvalue weighted by molar-refractivity contribution is -0.120. The molecule has 0 radical (unpaired) electrons. The number of aromatic amines is 1. The maximum Gasteiger partial charge on any atom is 0.219 e. The molecule has 3 rings (SSSR count). The van der Waals surface area contributed by atoms with E-state index in [1.165, 1.54) is 5.39 Å². The number of amides is 2. The van der Waals surface area contributed by atoms with Crippen molar-refractivity contribution in [3.05, 3.63) is 48.7 Å². The molecule has 2 aromatic heterocycles. The zero-order chi connectivity index (χ0) is 28.3. The highest BCUT2D eigenvalue weighted by molar-refractivity contribution is 5.95. The normalized spacial score (nSPS) is 10.6. The van der Waals surface area contributed by atoms with Crippen molar-refractivity contribution in [2.45, 2.75) is 72.1 Å². The van der Waals surface area contributed by atoms with Gasteiger partial charge in [-0.3, -0.25) is 20.0 Å². The third-order valence-electron chi connectivity index (χ3n) is 5.35. The molecule has 2 amide bonds. The second-order valence-corrected chi connectivity index (χ2v) is 8.43. The van der Waals surface area contributed by atoms with Crippen molar-refractivity contribution in [1.29, 1.82) is 5.41 Å². The van der Waals surface area contributed by atoms with Crippen LogP contribution in [0, 0.1) is 5.41 Å². The first-order chi connectivity index (χ1) is 18.3.